The maximum absolute atomic E-state index is 13.0. The molecule has 19 heteroatoms. The summed E-state index contributed by atoms with van der Waals surface area (Å²) < 4.78 is 68.3. The Hall–Kier alpha value is -1.94. The molecule has 0 rings (SSSR count). The molecule has 0 radical (unpaired) electrons. The Kier molecular flexibility index (Phi) is 62.7. The molecule has 0 aromatic carbocycles. The summed E-state index contributed by atoms with van der Waals surface area (Å²) in [5.74, 6) is -0.635. The van der Waals surface area contributed by atoms with Gasteiger partial charge in [0.15, 0.2) is 12.2 Å². The van der Waals surface area contributed by atoms with E-state index in [0.29, 0.717) is 25.7 Å². The van der Waals surface area contributed by atoms with Crippen molar-refractivity contribution in [3.63, 3.8) is 0 Å². The van der Waals surface area contributed by atoms with Gasteiger partial charge < -0.3 is 33.8 Å². The third-order valence-corrected chi connectivity index (χ3v) is 19.0. The second kappa shape index (κ2) is 64.1. The molecular formula is C72H140O17P2. The highest BCUT2D eigenvalue weighted by Gasteiger charge is 2.30. The van der Waals surface area contributed by atoms with Crippen LogP contribution in [0.5, 0.6) is 0 Å². The molecule has 0 amide bonds. The third-order valence-electron chi connectivity index (χ3n) is 17.1. The van der Waals surface area contributed by atoms with E-state index in [2.05, 4.69) is 41.5 Å². The van der Waals surface area contributed by atoms with Crippen LogP contribution in [0.25, 0.3) is 0 Å². The van der Waals surface area contributed by atoms with Gasteiger partial charge in [-0.15, -0.1) is 0 Å². The molecule has 0 saturated carbocycles. The Balaban J connectivity index is 5.20. The molecule has 6 atom stereocenters. The van der Waals surface area contributed by atoms with Gasteiger partial charge in [-0.2, -0.15) is 0 Å². The van der Waals surface area contributed by atoms with Crippen LogP contribution in [-0.2, 0) is 65.4 Å². The van der Waals surface area contributed by atoms with E-state index in [1.54, 1.807) is 0 Å². The molecular weight excluding hydrogens is 1200 g/mol. The van der Waals surface area contributed by atoms with Crippen molar-refractivity contribution in [2.24, 2.45) is 11.8 Å². The third kappa shape index (κ3) is 65.1. The predicted molar refractivity (Wildman–Crippen MR) is 368 cm³/mol. The largest absolute Gasteiger partial charge is 0.472 e. The van der Waals surface area contributed by atoms with E-state index >= 15 is 0 Å². The summed E-state index contributed by atoms with van der Waals surface area (Å²) >= 11 is 0. The maximum atomic E-state index is 13.0. The molecule has 0 aliphatic heterocycles. The monoisotopic (exact) mass is 1340 g/mol. The first-order valence-corrected chi connectivity index (χ1v) is 40.5. The maximum Gasteiger partial charge on any atom is 0.472 e. The summed E-state index contributed by atoms with van der Waals surface area (Å²) in [7, 11) is -9.90. The van der Waals surface area contributed by atoms with Crippen LogP contribution in [0.2, 0.25) is 0 Å². The van der Waals surface area contributed by atoms with Crippen molar-refractivity contribution in [2.45, 2.75) is 387 Å². The fraction of sp³-hybridized carbons (Fsp3) is 0.944. The van der Waals surface area contributed by atoms with Crippen molar-refractivity contribution in [1.82, 2.24) is 0 Å². The quantitative estimate of drug-likeness (QED) is 0.0222. The van der Waals surface area contributed by atoms with Crippen LogP contribution >= 0.6 is 15.6 Å². The van der Waals surface area contributed by atoms with E-state index in [1.807, 2.05) is 0 Å². The molecule has 91 heavy (non-hydrogen) atoms. The molecule has 0 fully saturated rings. The summed E-state index contributed by atoms with van der Waals surface area (Å²) in [6.45, 7) is 9.49. The molecule has 0 heterocycles. The van der Waals surface area contributed by atoms with E-state index in [1.165, 1.54) is 180 Å². The van der Waals surface area contributed by atoms with E-state index in [-0.39, 0.29) is 25.7 Å². The Morgan fingerprint density at radius 1 is 0.319 bits per heavy atom. The minimum absolute atomic E-state index is 0.103. The lowest BCUT2D eigenvalue weighted by atomic mass is 10.00. The molecule has 0 bridgehead atoms. The molecule has 540 valence electrons. The SMILES string of the molecule is CCCCCCCCCCCCCCCCCCCCCC(=O)O[C@H](COC(=O)CCCCCCCCCCCCCC(C)C)COP(=O)(O)OC[C@@H](O)COP(=O)(O)OC[C@@H](COC(=O)CCCCCCCCCC)OC(=O)CCCCCCCCC(C)CC. The van der Waals surface area contributed by atoms with Crippen molar-refractivity contribution in [3.05, 3.63) is 0 Å². The molecule has 17 nitrogen and oxygen atoms in total. The van der Waals surface area contributed by atoms with Gasteiger partial charge in [0.05, 0.1) is 26.4 Å². The van der Waals surface area contributed by atoms with Crippen molar-refractivity contribution in [1.29, 1.82) is 0 Å². The number of phosphoric ester groups is 2. The van der Waals surface area contributed by atoms with Crippen LogP contribution in [0.3, 0.4) is 0 Å². The molecule has 0 aromatic heterocycles. The summed E-state index contributed by atoms with van der Waals surface area (Å²) in [4.78, 5) is 72.5. The Labute approximate surface area is 556 Å². The first-order chi connectivity index (χ1) is 43.9. The highest BCUT2D eigenvalue weighted by molar-refractivity contribution is 7.47. The highest BCUT2D eigenvalue weighted by atomic mass is 31.2. The van der Waals surface area contributed by atoms with Crippen molar-refractivity contribution in [3.8, 4) is 0 Å². The number of unbranched alkanes of at least 4 members (excludes halogenated alkanes) is 40. The lowest BCUT2D eigenvalue weighted by Crippen LogP contribution is -2.30. The van der Waals surface area contributed by atoms with Crippen LogP contribution in [0.4, 0.5) is 0 Å². The average Bonchev–Trinajstić information content (AvgIpc) is 3.29. The molecule has 0 aliphatic rings. The van der Waals surface area contributed by atoms with Crippen LogP contribution in [0.15, 0.2) is 0 Å². The number of hydrogen-bond donors (Lipinski definition) is 3. The number of ether oxygens (including phenoxy) is 4. The van der Waals surface area contributed by atoms with Crippen molar-refractivity contribution < 1.29 is 80.2 Å². The number of aliphatic hydroxyl groups excluding tert-OH is 1. The predicted octanol–water partition coefficient (Wildman–Crippen LogP) is 20.8. The molecule has 0 aromatic rings. The first kappa shape index (κ1) is 89.1. The standard InChI is InChI=1S/C72H140O17P2/c1-7-10-12-14-16-18-19-20-21-22-23-24-25-26-29-33-37-44-50-56-71(76)88-67(60-83-70(75)55-49-43-36-32-30-27-28-31-34-40-46-52-64(4)5)62-86-90(78,79)84-58-66(73)59-85-91(80,81)87-63-68(61-82-69(74)54-48-42-35-17-15-13-11-8-2)89-72(77)57-51-45-39-38-41-47-53-65(6)9-3/h64-68,73H,7-63H2,1-6H3,(H,78,79)(H,80,81)/t65?,66-,67-,68-/m1/s1. The van der Waals surface area contributed by atoms with Crippen LogP contribution in [0.1, 0.15) is 369 Å². The van der Waals surface area contributed by atoms with Crippen LogP contribution < -0.4 is 0 Å². The fourth-order valence-corrected chi connectivity index (χ4v) is 12.5. The summed E-state index contributed by atoms with van der Waals surface area (Å²) in [5, 5.41) is 10.6. The minimum atomic E-state index is -4.95. The summed E-state index contributed by atoms with van der Waals surface area (Å²) in [5.41, 5.74) is 0. The number of aliphatic hydroxyl groups is 1. The van der Waals surface area contributed by atoms with Gasteiger partial charge in [-0.05, 0) is 37.5 Å². The highest BCUT2D eigenvalue weighted by Crippen LogP contribution is 2.45. The average molecular weight is 1340 g/mol. The molecule has 0 aliphatic carbocycles. The lowest BCUT2D eigenvalue weighted by molar-refractivity contribution is -0.161. The number of hydrogen-bond acceptors (Lipinski definition) is 15. The Morgan fingerprint density at radius 2 is 0.560 bits per heavy atom. The van der Waals surface area contributed by atoms with Crippen LogP contribution in [-0.4, -0.2) is 96.7 Å². The van der Waals surface area contributed by atoms with Crippen molar-refractivity contribution in [2.75, 3.05) is 39.6 Å². The first-order valence-electron chi connectivity index (χ1n) is 37.5. The van der Waals surface area contributed by atoms with E-state index in [9.17, 15) is 43.2 Å². The lowest BCUT2D eigenvalue weighted by Gasteiger charge is -2.21. The number of carbonyl (C=O) groups excluding carboxylic acids is 4. The molecule has 3 unspecified atom stereocenters. The van der Waals surface area contributed by atoms with E-state index in [4.69, 9.17) is 37.0 Å². The second-order valence-electron chi connectivity index (χ2n) is 26.7. The zero-order valence-electron chi connectivity index (χ0n) is 59.1. The topological polar surface area (TPSA) is 237 Å². The summed E-state index contributed by atoms with van der Waals surface area (Å²) in [6.07, 6.45) is 50.1. The normalized spacial score (nSPS) is 14.4. The second-order valence-corrected chi connectivity index (χ2v) is 29.6. The number of carbonyl (C=O) groups is 4. The Bertz CT molecular complexity index is 1770. The summed E-state index contributed by atoms with van der Waals surface area (Å²) in [6, 6.07) is 0. The zero-order valence-corrected chi connectivity index (χ0v) is 60.9. The molecule has 0 saturated heterocycles. The van der Waals surface area contributed by atoms with E-state index in [0.717, 1.165) is 108 Å². The van der Waals surface area contributed by atoms with Gasteiger partial charge in [0.1, 0.15) is 19.3 Å². The smallest absolute Gasteiger partial charge is 0.462 e. The van der Waals surface area contributed by atoms with Gasteiger partial charge >= 0.3 is 39.5 Å². The van der Waals surface area contributed by atoms with Gasteiger partial charge in [-0.1, -0.05) is 318 Å². The van der Waals surface area contributed by atoms with Crippen molar-refractivity contribution >= 4 is 39.5 Å². The Morgan fingerprint density at radius 3 is 0.835 bits per heavy atom. The van der Waals surface area contributed by atoms with Gasteiger partial charge in [0.2, 0.25) is 0 Å². The molecule has 0 spiro atoms. The van der Waals surface area contributed by atoms with Gasteiger partial charge in [-0.3, -0.25) is 37.3 Å². The number of phosphoric acid groups is 2. The molecule has 3 N–H and O–H groups in total. The number of esters is 4. The number of rotatable bonds is 71. The zero-order chi connectivity index (χ0) is 67.2. The fourth-order valence-electron chi connectivity index (χ4n) is 10.9. The van der Waals surface area contributed by atoms with E-state index < -0.39 is 97.5 Å². The van der Waals surface area contributed by atoms with Crippen LogP contribution in [0, 0.1) is 11.8 Å². The van der Waals surface area contributed by atoms with Gasteiger partial charge in [-0.25, -0.2) is 9.13 Å². The van der Waals surface area contributed by atoms with Gasteiger partial charge in [0, 0.05) is 25.7 Å². The van der Waals surface area contributed by atoms with Gasteiger partial charge in [0.25, 0.3) is 0 Å². The minimum Gasteiger partial charge on any atom is -0.462 e.